The maximum Gasteiger partial charge on any atom is 0.207 e. The fourth-order valence-corrected chi connectivity index (χ4v) is 2.31. The molecule has 21 heavy (non-hydrogen) atoms. The Labute approximate surface area is 126 Å². The van der Waals surface area contributed by atoms with Gasteiger partial charge in [-0.2, -0.15) is 0 Å². The van der Waals surface area contributed by atoms with Crippen LogP contribution < -0.4 is 10.1 Å². The number of likely N-dealkylation sites (N-methyl/N-ethyl adjacent to an activating group) is 1. The van der Waals surface area contributed by atoms with E-state index < -0.39 is 0 Å². The van der Waals surface area contributed by atoms with Crippen molar-refractivity contribution in [1.82, 2.24) is 10.2 Å². The van der Waals surface area contributed by atoms with Crippen molar-refractivity contribution in [3.05, 3.63) is 28.3 Å². The van der Waals surface area contributed by atoms with Crippen LogP contribution in [0.2, 0.25) is 0 Å². The summed E-state index contributed by atoms with van der Waals surface area (Å²) in [5, 5.41) is 2.62. The largest absolute Gasteiger partial charge is 0.492 e. The summed E-state index contributed by atoms with van der Waals surface area (Å²) in [6.07, 6.45) is 1.58. The van der Waals surface area contributed by atoms with Gasteiger partial charge in [-0.3, -0.25) is 9.59 Å². The van der Waals surface area contributed by atoms with E-state index in [1.54, 1.807) is 0 Å². The fraction of sp³-hybridized carbons (Fsp3) is 0.500. The number of aryl methyl sites for hydroxylation is 2. The number of hydrogen-bond acceptors (Lipinski definition) is 4. The second-order valence-electron chi connectivity index (χ2n) is 5.22. The smallest absolute Gasteiger partial charge is 0.207 e. The van der Waals surface area contributed by atoms with Gasteiger partial charge in [-0.1, -0.05) is 6.07 Å². The lowest BCUT2D eigenvalue weighted by Crippen LogP contribution is -2.31. The highest BCUT2D eigenvalue weighted by Crippen LogP contribution is 2.28. The van der Waals surface area contributed by atoms with Crippen molar-refractivity contribution in [1.29, 1.82) is 0 Å². The van der Waals surface area contributed by atoms with Gasteiger partial charge in [-0.15, -0.1) is 0 Å². The van der Waals surface area contributed by atoms with Crippen molar-refractivity contribution in [3.8, 4) is 5.75 Å². The molecule has 116 valence electrons. The van der Waals surface area contributed by atoms with Crippen LogP contribution in [-0.2, 0) is 4.79 Å². The predicted octanol–water partition coefficient (Wildman–Crippen LogP) is 1.48. The van der Waals surface area contributed by atoms with Gasteiger partial charge >= 0.3 is 0 Å². The topological polar surface area (TPSA) is 58.6 Å². The molecule has 0 radical (unpaired) electrons. The number of hydrogen-bond donors (Lipinski definition) is 1. The van der Waals surface area contributed by atoms with E-state index in [1.165, 1.54) is 0 Å². The van der Waals surface area contributed by atoms with E-state index in [-0.39, 0.29) is 0 Å². The van der Waals surface area contributed by atoms with E-state index in [0.29, 0.717) is 25.1 Å². The molecule has 1 rings (SSSR count). The third kappa shape index (κ3) is 4.86. The van der Waals surface area contributed by atoms with Crippen LogP contribution in [0.4, 0.5) is 0 Å². The number of nitrogens with zero attached hydrogens (tertiary/aromatic N) is 1. The molecule has 0 unspecified atom stereocenters. The first-order valence-electron chi connectivity index (χ1n) is 7.05. The Kier molecular flexibility index (Phi) is 6.88. The van der Waals surface area contributed by atoms with E-state index in [1.807, 2.05) is 33.9 Å². The first-order chi connectivity index (χ1) is 10.0. The Morgan fingerprint density at radius 2 is 1.90 bits per heavy atom. The average molecular weight is 292 g/mol. The molecule has 0 bridgehead atoms. The van der Waals surface area contributed by atoms with Crippen LogP contribution >= 0.6 is 0 Å². The van der Waals surface area contributed by atoms with Crippen molar-refractivity contribution in [2.45, 2.75) is 20.8 Å². The van der Waals surface area contributed by atoms with Crippen LogP contribution in [0.5, 0.6) is 5.75 Å². The van der Waals surface area contributed by atoms with Crippen molar-refractivity contribution >= 4 is 12.7 Å². The molecule has 0 heterocycles. The quantitative estimate of drug-likeness (QED) is 0.553. The molecule has 0 spiro atoms. The number of carbonyl (C=O) groups is 2. The Bertz CT molecular complexity index is 501. The molecule has 0 aliphatic carbocycles. The maximum atomic E-state index is 11.1. The number of nitrogens with one attached hydrogen (secondary N) is 1. The van der Waals surface area contributed by atoms with Crippen molar-refractivity contribution < 1.29 is 14.3 Å². The molecule has 0 saturated heterocycles. The normalized spacial score (nSPS) is 10.5. The number of benzene rings is 1. The third-order valence-corrected chi connectivity index (χ3v) is 3.52. The first-order valence-corrected chi connectivity index (χ1v) is 7.05. The second kappa shape index (κ2) is 8.42. The number of rotatable bonds is 9. The summed E-state index contributed by atoms with van der Waals surface area (Å²) in [7, 11) is 1.97. The van der Waals surface area contributed by atoms with Gasteiger partial charge in [0.05, 0.1) is 0 Å². The second-order valence-corrected chi connectivity index (χ2v) is 5.22. The van der Waals surface area contributed by atoms with E-state index in [2.05, 4.69) is 10.2 Å². The van der Waals surface area contributed by atoms with Crippen molar-refractivity contribution in [2.75, 3.05) is 33.3 Å². The summed E-state index contributed by atoms with van der Waals surface area (Å²) in [4.78, 5) is 23.4. The summed E-state index contributed by atoms with van der Waals surface area (Å²) >= 11 is 0. The zero-order chi connectivity index (χ0) is 15.8. The van der Waals surface area contributed by atoms with Crippen LogP contribution in [0.15, 0.2) is 6.07 Å². The molecule has 0 fully saturated rings. The lowest BCUT2D eigenvalue weighted by Gasteiger charge is -2.19. The van der Waals surface area contributed by atoms with E-state index in [4.69, 9.17) is 4.74 Å². The van der Waals surface area contributed by atoms with Gasteiger partial charge in [-0.05, 0) is 38.9 Å². The minimum absolute atomic E-state index is 0.542. The highest BCUT2D eigenvalue weighted by Gasteiger charge is 2.11. The Balaban J connectivity index is 2.59. The van der Waals surface area contributed by atoms with Gasteiger partial charge in [-0.25, -0.2) is 0 Å². The minimum Gasteiger partial charge on any atom is -0.492 e. The van der Waals surface area contributed by atoms with Crippen LogP contribution in [0.1, 0.15) is 27.0 Å². The monoisotopic (exact) mass is 292 g/mol. The van der Waals surface area contributed by atoms with Crippen molar-refractivity contribution in [3.63, 3.8) is 0 Å². The fourth-order valence-electron chi connectivity index (χ4n) is 2.31. The van der Waals surface area contributed by atoms with Gasteiger partial charge < -0.3 is 15.0 Å². The van der Waals surface area contributed by atoms with Crippen LogP contribution in [-0.4, -0.2) is 50.9 Å². The Morgan fingerprint density at radius 1 is 1.19 bits per heavy atom. The Morgan fingerprint density at radius 3 is 2.52 bits per heavy atom. The highest BCUT2D eigenvalue weighted by atomic mass is 16.5. The minimum atomic E-state index is 0.542. The summed E-state index contributed by atoms with van der Waals surface area (Å²) in [6.45, 7) is 8.52. The molecular weight excluding hydrogens is 268 g/mol. The van der Waals surface area contributed by atoms with Gasteiger partial charge in [0, 0.05) is 30.8 Å². The molecule has 1 aromatic rings. The molecule has 0 aliphatic heterocycles. The van der Waals surface area contributed by atoms with Crippen LogP contribution in [0.3, 0.4) is 0 Å². The van der Waals surface area contributed by atoms with E-state index in [9.17, 15) is 9.59 Å². The van der Waals surface area contributed by atoms with E-state index >= 15 is 0 Å². The molecule has 1 aromatic carbocycles. The summed E-state index contributed by atoms with van der Waals surface area (Å²) in [6, 6.07) is 1.98. The number of amides is 1. The molecule has 1 amide bonds. The van der Waals surface area contributed by atoms with Crippen LogP contribution in [0, 0.1) is 20.8 Å². The zero-order valence-corrected chi connectivity index (χ0v) is 13.2. The molecule has 0 aromatic heterocycles. The Hall–Kier alpha value is -1.88. The number of aldehydes is 1. The predicted molar refractivity (Wildman–Crippen MR) is 83.1 cm³/mol. The van der Waals surface area contributed by atoms with Gasteiger partial charge in [0.2, 0.25) is 6.41 Å². The summed E-state index contributed by atoms with van der Waals surface area (Å²) < 4.78 is 5.85. The first kappa shape index (κ1) is 17.2. The molecule has 0 atom stereocenters. The standard InChI is InChI=1S/C16H24N2O3/c1-12-9-13(2)16(14(3)15(12)10-19)21-8-7-18(4)6-5-17-11-20/h9-11H,5-8H2,1-4H3,(H,17,20). The van der Waals surface area contributed by atoms with Crippen LogP contribution in [0.25, 0.3) is 0 Å². The molecule has 0 saturated carbocycles. The number of carbonyl (C=O) groups excluding carboxylic acids is 2. The lowest BCUT2D eigenvalue weighted by molar-refractivity contribution is -0.109. The molecule has 5 heteroatoms. The summed E-state index contributed by atoms with van der Waals surface area (Å²) in [5.74, 6) is 0.794. The van der Waals surface area contributed by atoms with E-state index in [0.717, 1.165) is 41.8 Å². The van der Waals surface area contributed by atoms with Gasteiger partial charge in [0.25, 0.3) is 0 Å². The summed E-state index contributed by atoms with van der Waals surface area (Å²) in [5.41, 5.74) is 3.62. The zero-order valence-electron chi connectivity index (χ0n) is 13.2. The van der Waals surface area contributed by atoms with Gasteiger partial charge in [0.1, 0.15) is 12.4 Å². The number of ether oxygens (including phenoxy) is 1. The lowest BCUT2D eigenvalue weighted by atomic mass is 9.99. The average Bonchev–Trinajstić information content (AvgIpc) is 2.43. The molecule has 0 aliphatic rings. The molecule has 1 N–H and O–H groups in total. The molecular formula is C16H24N2O3. The van der Waals surface area contributed by atoms with Gasteiger partial charge in [0.15, 0.2) is 6.29 Å². The maximum absolute atomic E-state index is 11.1. The third-order valence-electron chi connectivity index (χ3n) is 3.52. The SMILES string of the molecule is Cc1cc(C)c(OCCN(C)CCNC=O)c(C)c1C=O. The molecule has 5 nitrogen and oxygen atoms in total. The van der Waals surface area contributed by atoms with Crippen molar-refractivity contribution in [2.24, 2.45) is 0 Å². The highest BCUT2D eigenvalue weighted by molar-refractivity contribution is 5.81.